The van der Waals surface area contributed by atoms with Crippen molar-refractivity contribution in [1.82, 2.24) is 10.2 Å². The third kappa shape index (κ3) is 0.972. The number of amides is 2. The molecule has 0 aromatic heterocycles. The molecule has 0 saturated carbocycles. The van der Waals surface area contributed by atoms with Crippen molar-refractivity contribution < 1.29 is 9.59 Å². The van der Waals surface area contributed by atoms with Crippen LogP contribution in [0.2, 0.25) is 0 Å². The molecular formula is C7H11N3O2. The van der Waals surface area contributed by atoms with Gasteiger partial charge in [-0.15, -0.1) is 0 Å². The first-order valence-corrected chi connectivity index (χ1v) is 4.01. The van der Waals surface area contributed by atoms with E-state index in [0.29, 0.717) is 13.0 Å². The lowest BCUT2D eigenvalue weighted by atomic mass is 10.1. The lowest BCUT2D eigenvalue weighted by Gasteiger charge is -2.28. The summed E-state index contributed by atoms with van der Waals surface area (Å²) in [6.45, 7) is 0.652. The Morgan fingerprint density at radius 1 is 1.50 bits per heavy atom. The zero-order valence-electron chi connectivity index (χ0n) is 6.62. The number of hydrogen-bond donors (Lipinski definition) is 2. The van der Waals surface area contributed by atoms with Gasteiger partial charge in [0.15, 0.2) is 0 Å². The Hall–Kier alpha value is -1.10. The molecule has 5 heteroatoms. The highest BCUT2D eigenvalue weighted by molar-refractivity contribution is 5.95. The topological polar surface area (TPSA) is 75.4 Å². The molecule has 2 amide bonds. The second-order valence-electron chi connectivity index (χ2n) is 3.28. The minimum atomic E-state index is -0.304. The monoisotopic (exact) mass is 169 g/mol. The SMILES string of the molecule is N[C@@H]1C[C@H]2C(=O)NCC(=O)N2C1. The maximum Gasteiger partial charge on any atom is 0.243 e. The Balaban J connectivity index is 2.20. The van der Waals surface area contributed by atoms with Crippen molar-refractivity contribution >= 4 is 11.8 Å². The van der Waals surface area contributed by atoms with Crippen LogP contribution in [0.15, 0.2) is 0 Å². The molecule has 12 heavy (non-hydrogen) atoms. The Morgan fingerprint density at radius 3 is 2.92 bits per heavy atom. The summed E-state index contributed by atoms with van der Waals surface area (Å²) in [6, 6.07) is -0.343. The molecule has 2 atom stereocenters. The number of carbonyl (C=O) groups is 2. The molecule has 2 fully saturated rings. The van der Waals surface area contributed by atoms with Gasteiger partial charge in [0.2, 0.25) is 11.8 Å². The van der Waals surface area contributed by atoms with Crippen molar-refractivity contribution in [3.63, 3.8) is 0 Å². The number of piperazine rings is 1. The van der Waals surface area contributed by atoms with Gasteiger partial charge in [-0.25, -0.2) is 0 Å². The fraction of sp³-hybridized carbons (Fsp3) is 0.714. The van der Waals surface area contributed by atoms with Crippen molar-refractivity contribution in [2.75, 3.05) is 13.1 Å². The van der Waals surface area contributed by atoms with E-state index in [4.69, 9.17) is 5.73 Å². The van der Waals surface area contributed by atoms with Crippen LogP contribution in [0.3, 0.4) is 0 Å². The fourth-order valence-electron chi connectivity index (χ4n) is 1.77. The van der Waals surface area contributed by atoms with Gasteiger partial charge in [0.05, 0.1) is 6.54 Å². The van der Waals surface area contributed by atoms with E-state index in [-0.39, 0.29) is 30.4 Å². The summed E-state index contributed by atoms with van der Waals surface area (Å²) in [5.41, 5.74) is 5.64. The predicted octanol–water partition coefficient (Wildman–Crippen LogP) is -1.96. The smallest absolute Gasteiger partial charge is 0.243 e. The van der Waals surface area contributed by atoms with E-state index in [1.54, 1.807) is 4.90 Å². The number of fused-ring (bicyclic) bond motifs is 1. The summed E-state index contributed by atoms with van der Waals surface area (Å²) in [6.07, 6.45) is 0.595. The maximum absolute atomic E-state index is 11.2. The Morgan fingerprint density at radius 2 is 2.25 bits per heavy atom. The molecule has 0 aromatic carbocycles. The van der Waals surface area contributed by atoms with Crippen LogP contribution in [0.5, 0.6) is 0 Å². The first kappa shape index (κ1) is 7.54. The Bertz CT molecular complexity index is 217. The first-order chi connectivity index (χ1) is 5.68. The van der Waals surface area contributed by atoms with Crippen molar-refractivity contribution in [3.05, 3.63) is 0 Å². The van der Waals surface area contributed by atoms with Crippen molar-refractivity contribution in [2.45, 2.75) is 18.5 Å². The molecular weight excluding hydrogens is 158 g/mol. The van der Waals surface area contributed by atoms with Gasteiger partial charge >= 0.3 is 0 Å². The van der Waals surface area contributed by atoms with Crippen LogP contribution >= 0.6 is 0 Å². The summed E-state index contributed by atoms with van der Waals surface area (Å²) in [5, 5.41) is 2.54. The molecule has 0 aliphatic carbocycles. The number of carbonyl (C=O) groups excluding carboxylic acids is 2. The molecule has 0 bridgehead atoms. The predicted molar refractivity (Wildman–Crippen MR) is 41.1 cm³/mol. The largest absolute Gasteiger partial charge is 0.345 e. The molecule has 3 N–H and O–H groups in total. The fourth-order valence-corrected chi connectivity index (χ4v) is 1.77. The van der Waals surface area contributed by atoms with E-state index in [1.807, 2.05) is 0 Å². The number of nitrogens with two attached hydrogens (primary N) is 1. The maximum atomic E-state index is 11.2. The van der Waals surface area contributed by atoms with Crippen LogP contribution in [0.25, 0.3) is 0 Å². The summed E-state index contributed by atoms with van der Waals surface area (Å²) < 4.78 is 0. The van der Waals surface area contributed by atoms with Gasteiger partial charge in [0.1, 0.15) is 6.04 Å². The second-order valence-corrected chi connectivity index (χ2v) is 3.28. The van der Waals surface area contributed by atoms with Crippen LogP contribution in [-0.4, -0.2) is 41.9 Å². The van der Waals surface area contributed by atoms with Crippen molar-refractivity contribution in [3.8, 4) is 0 Å². The third-order valence-electron chi connectivity index (χ3n) is 2.37. The standard InChI is InChI=1S/C7H11N3O2/c8-4-1-5-7(12)9-2-6(11)10(5)3-4/h4-5H,1-3,8H2,(H,9,12)/t4-,5+/m1/s1. The van der Waals surface area contributed by atoms with E-state index >= 15 is 0 Å². The Kier molecular flexibility index (Phi) is 1.54. The van der Waals surface area contributed by atoms with Gasteiger partial charge in [-0.1, -0.05) is 0 Å². The van der Waals surface area contributed by atoms with Crippen LogP contribution in [0, 0.1) is 0 Å². The zero-order valence-corrected chi connectivity index (χ0v) is 6.62. The molecule has 0 unspecified atom stereocenters. The van der Waals surface area contributed by atoms with Gasteiger partial charge in [0.25, 0.3) is 0 Å². The molecule has 2 saturated heterocycles. The van der Waals surface area contributed by atoms with Crippen LogP contribution in [-0.2, 0) is 9.59 Å². The summed E-state index contributed by atoms with van der Waals surface area (Å²) in [5.74, 6) is -0.0879. The van der Waals surface area contributed by atoms with Crippen LogP contribution in [0.4, 0.5) is 0 Å². The van der Waals surface area contributed by atoms with Crippen molar-refractivity contribution in [1.29, 1.82) is 0 Å². The highest BCUT2D eigenvalue weighted by Gasteiger charge is 2.40. The molecule has 2 aliphatic rings. The lowest BCUT2D eigenvalue weighted by molar-refractivity contribution is -0.143. The molecule has 66 valence electrons. The second kappa shape index (κ2) is 2.45. The number of rotatable bonds is 0. The van der Waals surface area contributed by atoms with E-state index in [9.17, 15) is 9.59 Å². The molecule has 2 rings (SSSR count). The minimum Gasteiger partial charge on any atom is -0.345 e. The summed E-state index contributed by atoms with van der Waals surface area (Å²) in [4.78, 5) is 24.0. The third-order valence-corrected chi connectivity index (χ3v) is 2.37. The van der Waals surface area contributed by atoms with Gasteiger partial charge in [-0.2, -0.15) is 0 Å². The number of nitrogens with zero attached hydrogens (tertiary/aromatic N) is 1. The van der Waals surface area contributed by atoms with Gasteiger partial charge in [-0.05, 0) is 6.42 Å². The average molecular weight is 169 g/mol. The molecule has 0 aromatic rings. The molecule has 2 heterocycles. The molecule has 0 radical (unpaired) electrons. The average Bonchev–Trinajstić information content (AvgIpc) is 2.41. The zero-order chi connectivity index (χ0) is 8.72. The number of nitrogens with one attached hydrogen (secondary N) is 1. The quantitative estimate of drug-likeness (QED) is 0.442. The van der Waals surface area contributed by atoms with Crippen LogP contribution in [0.1, 0.15) is 6.42 Å². The molecule has 0 spiro atoms. The van der Waals surface area contributed by atoms with Gasteiger partial charge < -0.3 is 16.0 Å². The lowest BCUT2D eigenvalue weighted by Crippen LogP contribution is -2.55. The molecule has 2 aliphatic heterocycles. The summed E-state index contributed by atoms with van der Waals surface area (Å²) >= 11 is 0. The highest BCUT2D eigenvalue weighted by atomic mass is 16.2. The van der Waals surface area contributed by atoms with Gasteiger partial charge in [-0.3, -0.25) is 9.59 Å². The van der Waals surface area contributed by atoms with E-state index in [0.717, 1.165) is 0 Å². The number of hydrogen-bond acceptors (Lipinski definition) is 3. The normalized spacial score (nSPS) is 34.9. The Labute approximate surface area is 69.9 Å². The molecule has 5 nitrogen and oxygen atoms in total. The van der Waals surface area contributed by atoms with Crippen molar-refractivity contribution in [2.24, 2.45) is 5.73 Å². The highest BCUT2D eigenvalue weighted by Crippen LogP contribution is 2.18. The van der Waals surface area contributed by atoms with Gasteiger partial charge in [0, 0.05) is 12.6 Å². The summed E-state index contributed by atoms with van der Waals surface area (Å²) in [7, 11) is 0. The van der Waals surface area contributed by atoms with E-state index in [2.05, 4.69) is 5.32 Å². The first-order valence-electron chi connectivity index (χ1n) is 4.01. The van der Waals surface area contributed by atoms with E-state index < -0.39 is 0 Å². The van der Waals surface area contributed by atoms with E-state index in [1.165, 1.54) is 0 Å². The minimum absolute atomic E-state index is 0.0208. The van der Waals surface area contributed by atoms with Crippen LogP contribution < -0.4 is 11.1 Å².